The van der Waals surface area contributed by atoms with E-state index in [2.05, 4.69) is 0 Å². The van der Waals surface area contributed by atoms with Gasteiger partial charge >= 0.3 is 5.97 Å². The maximum absolute atomic E-state index is 12.3. The van der Waals surface area contributed by atoms with Gasteiger partial charge in [-0.25, -0.2) is 8.42 Å². The number of benzene rings is 1. The lowest BCUT2D eigenvalue weighted by Crippen LogP contribution is -2.33. The summed E-state index contributed by atoms with van der Waals surface area (Å²) in [4.78, 5) is 22.7. The van der Waals surface area contributed by atoms with E-state index < -0.39 is 22.5 Å². The molecule has 0 N–H and O–H groups in total. The number of sulfonamides is 1. The Kier molecular flexibility index (Phi) is 6.66. The first-order chi connectivity index (χ1) is 10.3. The SMILES string of the molecule is COCCOC(=O)CN(C)S(=O)(=O)c1ccc(C(C)=O)cc1. The maximum Gasteiger partial charge on any atom is 0.321 e. The Labute approximate surface area is 129 Å². The Morgan fingerprint density at radius 1 is 1.14 bits per heavy atom. The Morgan fingerprint density at radius 2 is 1.73 bits per heavy atom. The standard InChI is InChI=1S/C14H19NO6S/c1-11(16)12-4-6-13(7-5-12)22(18,19)15(2)10-14(17)21-9-8-20-3/h4-7H,8-10H2,1-3H3. The van der Waals surface area contributed by atoms with Gasteiger partial charge in [-0.3, -0.25) is 9.59 Å². The van der Waals surface area contributed by atoms with Crippen LogP contribution in [0.15, 0.2) is 29.2 Å². The molecule has 1 aromatic rings. The minimum atomic E-state index is -3.82. The number of Topliss-reactive ketones (excluding diaryl/α,β-unsaturated/α-hetero) is 1. The van der Waals surface area contributed by atoms with Crippen LogP contribution in [0, 0.1) is 0 Å². The highest BCUT2D eigenvalue weighted by Crippen LogP contribution is 2.15. The highest BCUT2D eigenvalue weighted by Gasteiger charge is 2.23. The van der Waals surface area contributed by atoms with Crippen LogP contribution >= 0.6 is 0 Å². The molecule has 8 heteroatoms. The summed E-state index contributed by atoms with van der Waals surface area (Å²) < 4.78 is 35.0. The molecular weight excluding hydrogens is 310 g/mol. The Hall–Kier alpha value is -1.77. The molecular formula is C14H19NO6S. The van der Waals surface area contributed by atoms with E-state index in [9.17, 15) is 18.0 Å². The molecule has 0 atom stereocenters. The topological polar surface area (TPSA) is 90.0 Å². The Morgan fingerprint density at radius 3 is 2.23 bits per heavy atom. The summed E-state index contributed by atoms with van der Waals surface area (Å²) >= 11 is 0. The molecule has 0 aliphatic heterocycles. The van der Waals surface area contributed by atoms with Gasteiger partial charge in [0.05, 0.1) is 11.5 Å². The number of esters is 1. The molecule has 22 heavy (non-hydrogen) atoms. The summed E-state index contributed by atoms with van der Waals surface area (Å²) in [5, 5.41) is 0. The number of ketones is 1. The molecule has 0 heterocycles. The summed E-state index contributed by atoms with van der Waals surface area (Å²) in [7, 11) is -1.07. The molecule has 122 valence electrons. The van der Waals surface area contributed by atoms with Crippen LogP contribution in [-0.4, -0.2) is 58.4 Å². The minimum Gasteiger partial charge on any atom is -0.462 e. The van der Waals surface area contributed by atoms with Crippen LogP contribution in [0.3, 0.4) is 0 Å². The summed E-state index contributed by atoms with van der Waals surface area (Å²) in [6.45, 7) is 1.30. The molecule has 0 aromatic heterocycles. The Balaban J connectivity index is 2.76. The maximum atomic E-state index is 12.3. The van der Waals surface area contributed by atoms with Gasteiger partial charge in [-0.2, -0.15) is 4.31 Å². The summed E-state index contributed by atoms with van der Waals surface area (Å²) in [5.41, 5.74) is 0.417. The molecule has 7 nitrogen and oxygen atoms in total. The van der Waals surface area contributed by atoms with Crippen molar-refractivity contribution in [3.05, 3.63) is 29.8 Å². The monoisotopic (exact) mass is 329 g/mol. The highest BCUT2D eigenvalue weighted by molar-refractivity contribution is 7.89. The van der Waals surface area contributed by atoms with Gasteiger partial charge in [0.15, 0.2) is 5.78 Å². The number of hydrogen-bond donors (Lipinski definition) is 0. The van der Waals surface area contributed by atoms with E-state index in [-0.39, 0.29) is 23.9 Å². The fraction of sp³-hybridized carbons (Fsp3) is 0.429. The van der Waals surface area contributed by atoms with E-state index in [0.717, 1.165) is 4.31 Å². The second kappa shape index (κ2) is 8.02. The number of carbonyl (C=O) groups is 2. The predicted octanol–water partition coefficient (Wildman–Crippen LogP) is 0.699. The quantitative estimate of drug-likeness (QED) is 0.396. The predicted molar refractivity (Wildman–Crippen MR) is 79.1 cm³/mol. The third kappa shape index (κ3) is 4.90. The first-order valence-electron chi connectivity index (χ1n) is 6.51. The van der Waals surface area contributed by atoms with Crippen LogP contribution < -0.4 is 0 Å². The van der Waals surface area contributed by atoms with Crippen molar-refractivity contribution in [1.82, 2.24) is 4.31 Å². The van der Waals surface area contributed by atoms with Gasteiger partial charge in [0.25, 0.3) is 0 Å². The van der Waals surface area contributed by atoms with Crippen molar-refractivity contribution in [2.75, 3.05) is 33.9 Å². The van der Waals surface area contributed by atoms with Gasteiger partial charge in [-0.15, -0.1) is 0 Å². The summed E-state index contributed by atoms with van der Waals surface area (Å²) in [6, 6.07) is 5.53. The summed E-state index contributed by atoms with van der Waals surface area (Å²) in [6.07, 6.45) is 0. The van der Waals surface area contributed by atoms with E-state index in [1.165, 1.54) is 45.3 Å². The number of rotatable bonds is 8. The van der Waals surface area contributed by atoms with E-state index in [1.807, 2.05) is 0 Å². The minimum absolute atomic E-state index is 0.00434. The van der Waals surface area contributed by atoms with Crippen molar-refractivity contribution in [2.45, 2.75) is 11.8 Å². The second-order valence-electron chi connectivity index (χ2n) is 4.55. The lowest BCUT2D eigenvalue weighted by molar-refractivity contribution is -0.144. The normalized spacial score (nSPS) is 11.5. The van der Waals surface area contributed by atoms with Gasteiger partial charge in [0.1, 0.15) is 13.2 Å². The number of nitrogens with zero attached hydrogens (tertiary/aromatic N) is 1. The van der Waals surface area contributed by atoms with Crippen LogP contribution in [0.1, 0.15) is 17.3 Å². The molecule has 0 radical (unpaired) electrons. The molecule has 0 aliphatic rings. The van der Waals surface area contributed by atoms with E-state index in [0.29, 0.717) is 5.56 Å². The Bertz CT molecular complexity index is 623. The van der Waals surface area contributed by atoms with Crippen molar-refractivity contribution in [1.29, 1.82) is 0 Å². The molecule has 0 amide bonds. The largest absolute Gasteiger partial charge is 0.462 e. The van der Waals surface area contributed by atoms with Gasteiger partial charge in [0, 0.05) is 19.7 Å². The average Bonchev–Trinajstić information content (AvgIpc) is 2.47. The molecule has 1 aromatic carbocycles. The van der Waals surface area contributed by atoms with Crippen molar-refractivity contribution >= 4 is 21.8 Å². The molecule has 0 unspecified atom stereocenters. The van der Waals surface area contributed by atoms with Crippen molar-refractivity contribution in [3.63, 3.8) is 0 Å². The third-order valence-corrected chi connectivity index (χ3v) is 4.69. The van der Waals surface area contributed by atoms with Crippen LogP contribution in [0.5, 0.6) is 0 Å². The zero-order valence-corrected chi connectivity index (χ0v) is 13.6. The van der Waals surface area contributed by atoms with Gasteiger partial charge < -0.3 is 9.47 Å². The summed E-state index contributed by atoms with van der Waals surface area (Å²) in [5.74, 6) is -0.817. The number of likely N-dealkylation sites (N-methyl/N-ethyl adjacent to an activating group) is 1. The molecule has 0 bridgehead atoms. The fourth-order valence-electron chi connectivity index (χ4n) is 1.59. The molecule has 0 saturated heterocycles. The van der Waals surface area contributed by atoms with Gasteiger partial charge in [-0.05, 0) is 19.1 Å². The first-order valence-corrected chi connectivity index (χ1v) is 7.95. The molecule has 0 fully saturated rings. The molecule has 1 rings (SSSR count). The van der Waals surface area contributed by atoms with Crippen LogP contribution in [0.4, 0.5) is 0 Å². The number of hydrogen-bond acceptors (Lipinski definition) is 6. The number of methoxy groups -OCH3 is 1. The second-order valence-corrected chi connectivity index (χ2v) is 6.60. The smallest absolute Gasteiger partial charge is 0.321 e. The van der Waals surface area contributed by atoms with Gasteiger partial charge in [0.2, 0.25) is 10.0 Å². The van der Waals surface area contributed by atoms with Crippen LogP contribution in [0.2, 0.25) is 0 Å². The lowest BCUT2D eigenvalue weighted by atomic mass is 10.2. The van der Waals surface area contributed by atoms with Gasteiger partial charge in [-0.1, -0.05) is 12.1 Å². The van der Waals surface area contributed by atoms with Crippen molar-refractivity contribution in [3.8, 4) is 0 Å². The molecule has 0 saturated carbocycles. The molecule has 0 aliphatic carbocycles. The number of ether oxygens (including phenoxy) is 2. The fourth-order valence-corrected chi connectivity index (χ4v) is 2.71. The average molecular weight is 329 g/mol. The lowest BCUT2D eigenvalue weighted by Gasteiger charge is -2.16. The number of carbonyl (C=O) groups excluding carboxylic acids is 2. The van der Waals surface area contributed by atoms with Crippen molar-refractivity contribution in [2.24, 2.45) is 0 Å². The van der Waals surface area contributed by atoms with Crippen molar-refractivity contribution < 1.29 is 27.5 Å². The van der Waals surface area contributed by atoms with E-state index >= 15 is 0 Å². The zero-order chi connectivity index (χ0) is 16.8. The van der Waals surface area contributed by atoms with E-state index in [4.69, 9.17) is 9.47 Å². The highest BCUT2D eigenvalue weighted by atomic mass is 32.2. The first kappa shape index (κ1) is 18.3. The van der Waals surface area contributed by atoms with Crippen LogP contribution in [-0.2, 0) is 24.3 Å². The molecule has 0 spiro atoms. The third-order valence-electron chi connectivity index (χ3n) is 2.87. The van der Waals surface area contributed by atoms with Crippen LogP contribution in [0.25, 0.3) is 0 Å². The zero-order valence-electron chi connectivity index (χ0n) is 12.7. The van der Waals surface area contributed by atoms with E-state index in [1.54, 1.807) is 0 Å².